The molecule has 0 spiro atoms. The molecule has 0 amide bonds. The molecule has 0 aliphatic rings. The first kappa shape index (κ1) is 12.7. The van der Waals surface area contributed by atoms with Gasteiger partial charge in [-0.3, -0.25) is 0 Å². The lowest BCUT2D eigenvalue weighted by atomic mass is 10.1. The molecule has 0 aliphatic heterocycles. The molecule has 0 bridgehead atoms. The molecule has 96 valence electrons. The zero-order chi connectivity index (χ0) is 13.2. The van der Waals surface area contributed by atoms with E-state index in [-0.39, 0.29) is 12.4 Å². The Morgan fingerprint density at radius 2 is 2.17 bits per heavy atom. The lowest BCUT2D eigenvalue weighted by molar-refractivity contribution is 0.376. The van der Waals surface area contributed by atoms with Crippen LogP contribution in [0.15, 0.2) is 28.8 Å². The van der Waals surface area contributed by atoms with Gasteiger partial charge in [-0.15, -0.1) is 0 Å². The number of sulfonamides is 1. The van der Waals surface area contributed by atoms with Crippen LogP contribution in [0.3, 0.4) is 0 Å². The van der Waals surface area contributed by atoms with E-state index < -0.39 is 10.0 Å². The van der Waals surface area contributed by atoms with Gasteiger partial charge in [-0.25, -0.2) is 13.1 Å². The smallest absolute Gasteiger partial charge is 0.242 e. The second-order valence-corrected chi connectivity index (χ2v) is 5.81. The number of nitrogens with zero attached hydrogens (tertiary/aromatic N) is 2. The topological polar surface area (TPSA) is 85.1 Å². The highest BCUT2D eigenvalue weighted by Gasteiger charge is 2.10. The second kappa shape index (κ2) is 4.87. The van der Waals surface area contributed by atoms with Gasteiger partial charge in [-0.1, -0.05) is 28.9 Å². The molecule has 0 saturated heterocycles. The van der Waals surface area contributed by atoms with E-state index in [2.05, 4.69) is 14.9 Å². The van der Waals surface area contributed by atoms with Crippen molar-refractivity contribution in [3.63, 3.8) is 0 Å². The quantitative estimate of drug-likeness (QED) is 0.896. The normalized spacial score (nSPS) is 11.7. The van der Waals surface area contributed by atoms with E-state index in [1.54, 1.807) is 0 Å². The average Bonchev–Trinajstić information content (AvgIpc) is 2.74. The molecule has 2 aromatic rings. The van der Waals surface area contributed by atoms with Crippen LogP contribution in [-0.2, 0) is 16.6 Å². The van der Waals surface area contributed by atoms with Crippen LogP contribution in [0.4, 0.5) is 0 Å². The number of hydrogen-bond acceptors (Lipinski definition) is 5. The van der Waals surface area contributed by atoms with E-state index in [1.807, 2.05) is 31.2 Å². The van der Waals surface area contributed by atoms with E-state index in [0.29, 0.717) is 5.82 Å². The molecule has 0 fully saturated rings. The van der Waals surface area contributed by atoms with Crippen LogP contribution in [0.1, 0.15) is 11.5 Å². The molecule has 2 rings (SSSR count). The number of aromatic nitrogens is 2. The molecule has 1 aromatic carbocycles. The third-order valence-corrected chi connectivity index (χ3v) is 2.90. The second-order valence-electron chi connectivity index (χ2n) is 3.97. The Bertz CT molecular complexity index is 649. The summed E-state index contributed by atoms with van der Waals surface area (Å²) < 4.78 is 29.1. The van der Waals surface area contributed by atoms with Crippen LogP contribution < -0.4 is 4.72 Å². The molecule has 0 radical (unpaired) electrons. The minimum atomic E-state index is -3.26. The minimum absolute atomic E-state index is 0.00233. The lowest BCUT2D eigenvalue weighted by Gasteiger charge is -1.96. The van der Waals surface area contributed by atoms with Gasteiger partial charge in [0.15, 0.2) is 0 Å². The monoisotopic (exact) mass is 267 g/mol. The van der Waals surface area contributed by atoms with E-state index in [4.69, 9.17) is 4.52 Å². The molecule has 1 heterocycles. The van der Waals surface area contributed by atoms with Gasteiger partial charge in [0.25, 0.3) is 0 Å². The van der Waals surface area contributed by atoms with Crippen molar-refractivity contribution in [2.75, 3.05) is 6.26 Å². The summed E-state index contributed by atoms with van der Waals surface area (Å²) in [6, 6.07) is 7.66. The first-order valence-electron chi connectivity index (χ1n) is 5.28. The molecule has 7 heteroatoms. The fourth-order valence-electron chi connectivity index (χ4n) is 1.42. The summed E-state index contributed by atoms with van der Waals surface area (Å²) in [6.45, 7) is 1.97. The lowest BCUT2D eigenvalue weighted by Crippen LogP contribution is -2.21. The summed E-state index contributed by atoms with van der Waals surface area (Å²) in [5.74, 6) is 0.681. The summed E-state index contributed by atoms with van der Waals surface area (Å²) in [7, 11) is -3.26. The first-order chi connectivity index (χ1) is 8.44. The maximum atomic E-state index is 10.9. The average molecular weight is 267 g/mol. The van der Waals surface area contributed by atoms with Gasteiger partial charge in [0.1, 0.15) is 0 Å². The van der Waals surface area contributed by atoms with Crippen molar-refractivity contribution < 1.29 is 12.9 Å². The van der Waals surface area contributed by atoms with Crippen molar-refractivity contribution in [3.05, 3.63) is 35.7 Å². The molecular weight excluding hydrogens is 254 g/mol. The Morgan fingerprint density at radius 3 is 2.83 bits per heavy atom. The third-order valence-electron chi connectivity index (χ3n) is 2.23. The zero-order valence-electron chi connectivity index (χ0n) is 10.0. The van der Waals surface area contributed by atoms with Gasteiger partial charge >= 0.3 is 0 Å². The number of hydrogen-bond donors (Lipinski definition) is 1. The van der Waals surface area contributed by atoms with Crippen LogP contribution in [0.2, 0.25) is 0 Å². The fourth-order valence-corrected chi connectivity index (χ4v) is 1.81. The van der Waals surface area contributed by atoms with Crippen LogP contribution in [0.5, 0.6) is 0 Å². The zero-order valence-corrected chi connectivity index (χ0v) is 10.9. The maximum absolute atomic E-state index is 10.9. The Hall–Kier alpha value is -1.73. The first-order valence-corrected chi connectivity index (χ1v) is 7.17. The van der Waals surface area contributed by atoms with Gasteiger partial charge in [0.05, 0.1) is 12.8 Å². The summed E-state index contributed by atoms with van der Waals surface area (Å²) in [5, 5.41) is 3.81. The highest BCUT2D eigenvalue weighted by Crippen LogP contribution is 2.16. The predicted octanol–water partition coefficient (Wildman–Crippen LogP) is 1.09. The van der Waals surface area contributed by atoms with E-state index in [0.717, 1.165) is 17.4 Å². The molecule has 6 nitrogen and oxygen atoms in total. The van der Waals surface area contributed by atoms with Crippen LogP contribution in [0.25, 0.3) is 11.4 Å². The highest BCUT2D eigenvalue weighted by atomic mass is 32.2. The van der Waals surface area contributed by atoms with Crippen LogP contribution in [0, 0.1) is 6.92 Å². The van der Waals surface area contributed by atoms with Crippen molar-refractivity contribution in [2.24, 2.45) is 0 Å². The predicted molar refractivity (Wildman–Crippen MR) is 66.2 cm³/mol. The molecule has 0 unspecified atom stereocenters. The fraction of sp³-hybridized carbons (Fsp3) is 0.273. The summed E-state index contributed by atoms with van der Waals surface area (Å²) in [5.41, 5.74) is 1.93. The molecule has 1 N–H and O–H groups in total. The minimum Gasteiger partial charge on any atom is -0.338 e. The van der Waals surface area contributed by atoms with Gasteiger partial charge in [-0.05, 0) is 13.0 Å². The summed E-state index contributed by atoms with van der Waals surface area (Å²) in [4.78, 5) is 4.12. The molecule has 0 atom stereocenters. The Kier molecular flexibility index (Phi) is 3.44. The molecule has 18 heavy (non-hydrogen) atoms. The van der Waals surface area contributed by atoms with Gasteiger partial charge in [0.2, 0.25) is 21.7 Å². The third kappa shape index (κ3) is 3.38. The molecule has 0 aliphatic carbocycles. The number of rotatable bonds is 4. The molecule has 1 aromatic heterocycles. The van der Waals surface area contributed by atoms with Crippen molar-refractivity contribution in [3.8, 4) is 11.4 Å². The largest absolute Gasteiger partial charge is 0.338 e. The summed E-state index contributed by atoms with van der Waals surface area (Å²) >= 11 is 0. The van der Waals surface area contributed by atoms with Gasteiger partial charge in [0, 0.05) is 5.56 Å². The van der Waals surface area contributed by atoms with Crippen molar-refractivity contribution in [1.82, 2.24) is 14.9 Å². The maximum Gasteiger partial charge on any atom is 0.242 e. The van der Waals surface area contributed by atoms with Crippen molar-refractivity contribution in [1.29, 1.82) is 0 Å². The Labute approximate surface area is 105 Å². The Morgan fingerprint density at radius 1 is 1.39 bits per heavy atom. The molecule has 0 saturated carbocycles. The number of aryl methyl sites for hydroxylation is 1. The van der Waals surface area contributed by atoms with Crippen LogP contribution in [-0.4, -0.2) is 24.8 Å². The van der Waals surface area contributed by atoms with Crippen LogP contribution >= 0.6 is 0 Å². The van der Waals surface area contributed by atoms with E-state index in [9.17, 15) is 8.42 Å². The van der Waals surface area contributed by atoms with E-state index >= 15 is 0 Å². The van der Waals surface area contributed by atoms with Gasteiger partial charge < -0.3 is 4.52 Å². The summed E-state index contributed by atoms with van der Waals surface area (Å²) in [6.07, 6.45) is 1.07. The van der Waals surface area contributed by atoms with Gasteiger partial charge in [-0.2, -0.15) is 4.98 Å². The SMILES string of the molecule is Cc1cccc(-c2noc(CNS(C)(=O)=O)n2)c1. The van der Waals surface area contributed by atoms with Crippen molar-refractivity contribution >= 4 is 10.0 Å². The Balaban J connectivity index is 2.16. The standard InChI is InChI=1S/C11H13N3O3S/c1-8-4-3-5-9(6-8)11-13-10(17-14-11)7-12-18(2,15)16/h3-6,12H,7H2,1-2H3. The highest BCUT2D eigenvalue weighted by molar-refractivity contribution is 7.88. The number of nitrogens with one attached hydrogen (secondary N) is 1. The molecular formula is C11H13N3O3S. The van der Waals surface area contributed by atoms with E-state index in [1.165, 1.54) is 0 Å². The van der Waals surface area contributed by atoms with Crippen molar-refractivity contribution in [2.45, 2.75) is 13.5 Å². The number of benzene rings is 1.